The van der Waals surface area contributed by atoms with Crippen molar-refractivity contribution in [2.45, 2.75) is 12.8 Å². The third-order valence-corrected chi connectivity index (χ3v) is 5.37. The van der Waals surface area contributed by atoms with E-state index in [0.717, 1.165) is 22.2 Å². The van der Waals surface area contributed by atoms with Gasteiger partial charge in [0.25, 0.3) is 11.8 Å². The first-order chi connectivity index (χ1) is 12.6. The molecule has 0 spiro atoms. The van der Waals surface area contributed by atoms with E-state index in [1.54, 1.807) is 6.08 Å². The van der Waals surface area contributed by atoms with Crippen molar-refractivity contribution in [1.29, 1.82) is 0 Å². The Morgan fingerprint density at radius 2 is 1.50 bits per heavy atom. The lowest BCUT2D eigenvalue weighted by Crippen LogP contribution is -2.35. The van der Waals surface area contributed by atoms with Crippen molar-refractivity contribution in [3.05, 3.63) is 63.2 Å². The van der Waals surface area contributed by atoms with Crippen LogP contribution in [0, 0.1) is 3.57 Å². The van der Waals surface area contributed by atoms with E-state index in [2.05, 4.69) is 32.9 Å². The fourth-order valence-corrected chi connectivity index (χ4v) is 3.61. The predicted molar refractivity (Wildman–Crippen MR) is 111 cm³/mol. The number of benzene rings is 2. The van der Waals surface area contributed by atoms with Gasteiger partial charge in [0.1, 0.15) is 5.57 Å². The van der Waals surface area contributed by atoms with E-state index in [9.17, 15) is 9.59 Å². The van der Waals surface area contributed by atoms with Gasteiger partial charge in [-0.05, 0) is 83.5 Å². The third kappa shape index (κ3) is 3.33. The molecule has 0 atom stereocenters. The van der Waals surface area contributed by atoms with Crippen molar-refractivity contribution in [2.24, 2.45) is 0 Å². The van der Waals surface area contributed by atoms with Crippen molar-refractivity contribution in [1.82, 2.24) is 5.43 Å². The number of carbonyl (C=O) groups excluding carboxylic acids is 2. The predicted octanol–water partition coefficient (Wildman–Crippen LogP) is 3.35. The highest BCUT2D eigenvalue weighted by Crippen LogP contribution is 2.24. The van der Waals surface area contributed by atoms with E-state index in [1.165, 1.54) is 23.5 Å². The normalized spacial score (nSPS) is 18.7. The van der Waals surface area contributed by atoms with Gasteiger partial charge in [0.15, 0.2) is 0 Å². The van der Waals surface area contributed by atoms with Gasteiger partial charge < -0.3 is 4.90 Å². The highest BCUT2D eigenvalue weighted by atomic mass is 127. The van der Waals surface area contributed by atoms with Crippen molar-refractivity contribution >= 4 is 51.9 Å². The van der Waals surface area contributed by atoms with Crippen LogP contribution in [0.4, 0.5) is 11.4 Å². The first kappa shape index (κ1) is 17.1. The number of carbonyl (C=O) groups is 2. The molecule has 132 valence electrons. The molecule has 0 radical (unpaired) electrons. The summed E-state index contributed by atoms with van der Waals surface area (Å²) in [6.07, 6.45) is 4.11. The average Bonchev–Trinajstić information content (AvgIpc) is 3.28. The summed E-state index contributed by atoms with van der Waals surface area (Å²) >= 11 is 2.20. The second kappa shape index (κ2) is 7.11. The Morgan fingerprint density at radius 1 is 0.885 bits per heavy atom. The molecule has 26 heavy (non-hydrogen) atoms. The Morgan fingerprint density at radius 3 is 2.15 bits per heavy atom. The van der Waals surface area contributed by atoms with Crippen LogP contribution < -0.4 is 15.3 Å². The van der Waals surface area contributed by atoms with Gasteiger partial charge in [-0.15, -0.1) is 0 Å². The second-order valence-electron chi connectivity index (χ2n) is 6.40. The molecule has 2 aromatic rings. The summed E-state index contributed by atoms with van der Waals surface area (Å²) in [5.74, 6) is -0.711. The minimum Gasteiger partial charge on any atom is -0.372 e. The molecule has 2 amide bonds. The van der Waals surface area contributed by atoms with E-state index in [4.69, 9.17) is 0 Å². The van der Waals surface area contributed by atoms with Crippen LogP contribution in [0.2, 0.25) is 0 Å². The number of nitrogens with zero attached hydrogens (tertiary/aromatic N) is 2. The molecule has 2 saturated heterocycles. The van der Waals surface area contributed by atoms with E-state index in [1.807, 2.05) is 48.5 Å². The maximum Gasteiger partial charge on any atom is 0.282 e. The molecule has 6 heteroatoms. The summed E-state index contributed by atoms with van der Waals surface area (Å²) < 4.78 is 1.07. The fraction of sp³-hybridized carbons (Fsp3) is 0.200. The van der Waals surface area contributed by atoms with Crippen LogP contribution >= 0.6 is 22.6 Å². The summed E-state index contributed by atoms with van der Waals surface area (Å²) in [4.78, 5) is 27.3. The monoisotopic (exact) mass is 459 g/mol. The van der Waals surface area contributed by atoms with E-state index >= 15 is 0 Å². The molecule has 0 bridgehead atoms. The number of hydrazine groups is 1. The van der Waals surface area contributed by atoms with Crippen LogP contribution in [0.3, 0.4) is 0 Å². The van der Waals surface area contributed by atoms with Gasteiger partial charge in [-0.1, -0.05) is 12.1 Å². The molecule has 4 rings (SSSR count). The Bertz CT molecular complexity index is 869. The van der Waals surface area contributed by atoms with Crippen molar-refractivity contribution in [2.75, 3.05) is 23.0 Å². The van der Waals surface area contributed by atoms with E-state index in [0.29, 0.717) is 5.69 Å². The Balaban J connectivity index is 1.55. The largest absolute Gasteiger partial charge is 0.372 e. The van der Waals surface area contributed by atoms with Crippen LogP contribution in [-0.2, 0) is 9.59 Å². The Kier molecular flexibility index (Phi) is 4.67. The molecule has 5 nitrogen and oxygen atoms in total. The maximum atomic E-state index is 12.6. The number of anilines is 2. The number of halogens is 1. The third-order valence-electron chi connectivity index (χ3n) is 4.65. The number of rotatable bonds is 3. The molecule has 2 fully saturated rings. The zero-order chi connectivity index (χ0) is 18.1. The zero-order valence-corrected chi connectivity index (χ0v) is 16.3. The minimum atomic E-state index is -0.378. The van der Waals surface area contributed by atoms with Crippen molar-refractivity contribution < 1.29 is 9.59 Å². The van der Waals surface area contributed by atoms with Gasteiger partial charge in [-0.2, -0.15) is 0 Å². The van der Waals surface area contributed by atoms with Gasteiger partial charge >= 0.3 is 0 Å². The standard InChI is InChI=1S/C20H18IN3O2/c21-15-5-9-17(10-6-15)24-20(26)18(19(25)22-24)13-14-3-7-16(8-4-14)23-11-1-2-12-23/h3-10,13H,1-2,11-12H2,(H,22,25)/b18-13-. The molecule has 0 aromatic heterocycles. The van der Waals surface area contributed by atoms with Crippen LogP contribution in [0.25, 0.3) is 6.08 Å². The lowest BCUT2D eigenvalue weighted by Gasteiger charge is -2.17. The summed E-state index contributed by atoms with van der Waals surface area (Å²) in [5.41, 5.74) is 5.46. The second-order valence-corrected chi connectivity index (χ2v) is 7.65. The summed E-state index contributed by atoms with van der Waals surface area (Å²) in [5, 5.41) is 1.29. The fourth-order valence-electron chi connectivity index (χ4n) is 3.25. The van der Waals surface area contributed by atoms with Gasteiger partial charge in [-0.3, -0.25) is 15.0 Å². The van der Waals surface area contributed by atoms with E-state index in [-0.39, 0.29) is 17.4 Å². The number of hydrogen-bond donors (Lipinski definition) is 1. The molecular formula is C20H18IN3O2. The molecular weight excluding hydrogens is 441 g/mol. The van der Waals surface area contributed by atoms with Gasteiger partial charge in [0.05, 0.1) is 5.69 Å². The number of nitrogens with one attached hydrogen (secondary N) is 1. The van der Waals surface area contributed by atoms with Gasteiger partial charge in [-0.25, -0.2) is 5.01 Å². The summed E-state index contributed by atoms with van der Waals surface area (Å²) in [6.45, 7) is 2.18. The highest BCUT2D eigenvalue weighted by molar-refractivity contribution is 14.1. The van der Waals surface area contributed by atoms with Crippen LogP contribution in [0.5, 0.6) is 0 Å². The lowest BCUT2D eigenvalue weighted by molar-refractivity contribution is -0.117. The number of hydrogen-bond acceptors (Lipinski definition) is 3. The average molecular weight is 459 g/mol. The quantitative estimate of drug-likeness (QED) is 0.435. The molecule has 0 saturated carbocycles. The van der Waals surface area contributed by atoms with Gasteiger partial charge in [0.2, 0.25) is 0 Å². The number of amides is 2. The first-order valence-corrected chi connectivity index (χ1v) is 9.67. The van der Waals surface area contributed by atoms with Crippen LogP contribution in [-0.4, -0.2) is 24.9 Å². The van der Waals surface area contributed by atoms with Crippen LogP contribution in [0.15, 0.2) is 54.1 Å². The topological polar surface area (TPSA) is 52.7 Å². The maximum absolute atomic E-state index is 12.6. The Labute approximate surface area is 165 Å². The zero-order valence-electron chi connectivity index (χ0n) is 14.1. The SMILES string of the molecule is O=C1NN(c2ccc(I)cc2)C(=O)/C1=C\c1ccc(N2CCCC2)cc1. The first-order valence-electron chi connectivity index (χ1n) is 8.59. The van der Waals surface area contributed by atoms with Gasteiger partial charge in [0, 0.05) is 22.3 Å². The highest BCUT2D eigenvalue weighted by Gasteiger charge is 2.34. The summed E-state index contributed by atoms with van der Waals surface area (Å²) in [7, 11) is 0. The van der Waals surface area contributed by atoms with Crippen LogP contribution in [0.1, 0.15) is 18.4 Å². The summed E-state index contributed by atoms with van der Waals surface area (Å²) in [6, 6.07) is 15.4. The lowest BCUT2D eigenvalue weighted by atomic mass is 10.1. The molecule has 2 aromatic carbocycles. The molecule has 2 aliphatic heterocycles. The molecule has 2 heterocycles. The molecule has 2 aliphatic rings. The minimum absolute atomic E-state index is 0.150. The molecule has 0 unspecified atom stereocenters. The van der Waals surface area contributed by atoms with E-state index < -0.39 is 0 Å². The Hall–Kier alpha value is -2.35. The van der Waals surface area contributed by atoms with Crippen molar-refractivity contribution in [3.63, 3.8) is 0 Å². The molecule has 1 N–H and O–H groups in total. The molecule has 0 aliphatic carbocycles. The smallest absolute Gasteiger partial charge is 0.282 e. The van der Waals surface area contributed by atoms with Crippen molar-refractivity contribution in [3.8, 4) is 0 Å².